The average Bonchev–Trinajstić information content (AvgIpc) is 3.63. The maximum atomic E-state index is 12.9. The molecular formula is C28H38N8O2. The predicted molar refractivity (Wildman–Crippen MR) is 148 cm³/mol. The average molecular weight is 519 g/mol. The number of piperazine rings is 1. The number of benzene rings is 1. The SMILES string of the molecule is O=C(NC1CCCCC1)N1CCN(c2nc(NCC3CCCO3)c3ncn(Cc4ccccc4)c3n2)CC1. The van der Waals surface area contributed by atoms with Gasteiger partial charge in [-0.15, -0.1) is 0 Å². The van der Waals surface area contributed by atoms with Crippen LogP contribution in [0, 0.1) is 0 Å². The van der Waals surface area contributed by atoms with Gasteiger partial charge in [0.1, 0.15) is 0 Å². The van der Waals surface area contributed by atoms with E-state index in [4.69, 9.17) is 19.7 Å². The molecule has 3 fully saturated rings. The van der Waals surface area contributed by atoms with Crippen LogP contribution in [0.2, 0.25) is 0 Å². The molecule has 0 radical (unpaired) electrons. The molecule has 3 aliphatic rings. The lowest BCUT2D eigenvalue weighted by atomic mass is 9.96. The van der Waals surface area contributed by atoms with Crippen molar-refractivity contribution in [3.63, 3.8) is 0 Å². The fraction of sp³-hybridized carbons (Fsp3) is 0.571. The number of rotatable bonds is 7. The number of imidazole rings is 1. The molecule has 3 aromatic rings. The van der Waals surface area contributed by atoms with Gasteiger partial charge in [0.2, 0.25) is 5.95 Å². The molecule has 0 spiro atoms. The highest BCUT2D eigenvalue weighted by Crippen LogP contribution is 2.25. The third-order valence-corrected chi connectivity index (χ3v) is 7.95. The third-order valence-electron chi connectivity index (χ3n) is 7.95. The number of carbonyl (C=O) groups is 1. The summed E-state index contributed by atoms with van der Waals surface area (Å²) in [5, 5.41) is 6.76. The summed E-state index contributed by atoms with van der Waals surface area (Å²) in [6.07, 6.45) is 10.1. The van der Waals surface area contributed by atoms with Crippen LogP contribution in [0.25, 0.3) is 11.2 Å². The number of nitrogens with one attached hydrogen (secondary N) is 2. The van der Waals surface area contributed by atoms with Crippen molar-refractivity contribution in [3.8, 4) is 0 Å². The Labute approximate surface area is 223 Å². The summed E-state index contributed by atoms with van der Waals surface area (Å²) in [6, 6.07) is 10.7. The monoisotopic (exact) mass is 518 g/mol. The second-order valence-corrected chi connectivity index (χ2v) is 10.7. The molecule has 38 heavy (non-hydrogen) atoms. The number of fused-ring (bicyclic) bond motifs is 1. The Balaban J connectivity index is 1.19. The summed E-state index contributed by atoms with van der Waals surface area (Å²) in [6.45, 7) is 4.91. The maximum absolute atomic E-state index is 12.9. The zero-order chi connectivity index (χ0) is 25.7. The smallest absolute Gasteiger partial charge is 0.317 e. The highest BCUT2D eigenvalue weighted by atomic mass is 16.5. The molecule has 1 atom stereocenters. The number of ether oxygens (including phenoxy) is 1. The zero-order valence-electron chi connectivity index (χ0n) is 22.0. The van der Waals surface area contributed by atoms with Gasteiger partial charge in [0.15, 0.2) is 17.0 Å². The summed E-state index contributed by atoms with van der Waals surface area (Å²) < 4.78 is 7.91. The highest BCUT2D eigenvalue weighted by Gasteiger charge is 2.26. The first-order chi connectivity index (χ1) is 18.7. The molecule has 1 aliphatic carbocycles. The molecule has 1 unspecified atom stereocenters. The lowest BCUT2D eigenvalue weighted by Gasteiger charge is -2.36. The van der Waals surface area contributed by atoms with Crippen LogP contribution in [0.3, 0.4) is 0 Å². The van der Waals surface area contributed by atoms with Crippen molar-refractivity contribution in [2.75, 3.05) is 49.5 Å². The molecule has 2 saturated heterocycles. The molecule has 1 saturated carbocycles. The van der Waals surface area contributed by atoms with Crippen molar-refractivity contribution in [1.29, 1.82) is 0 Å². The first kappa shape index (κ1) is 24.9. The molecule has 2 aromatic heterocycles. The van der Waals surface area contributed by atoms with E-state index in [0.717, 1.165) is 49.3 Å². The molecule has 2 aliphatic heterocycles. The number of hydrogen-bond acceptors (Lipinski definition) is 7. The van der Waals surface area contributed by atoms with Gasteiger partial charge in [-0.05, 0) is 31.2 Å². The van der Waals surface area contributed by atoms with E-state index in [-0.39, 0.29) is 12.1 Å². The van der Waals surface area contributed by atoms with E-state index >= 15 is 0 Å². The maximum Gasteiger partial charge on any atom is 0.317 e. The van der Waals surface area contributed by atoms with Crippen LogP contribution in [0.5, 0.6) is 0 Å². The number of nitrogens with zero attached hydrogens (tertiary/aromatic N) is 6. The van der Waals surface area contributed by atoms with Crippen LogP contribution < -0.4 is 15.5 Å². The Hall–Kier alpha value is -3.40. The standard InChI is InChI=1S/C28H38N8O2/c37-28(31-22-10-5-2-6-11-22)35-15-13-34(14-16-35)27-32-25(29-18-23-12-7-17-38-23)24-26(33-27)36(20-30-24)19-21-8-3-1-4-9-21/h1,3-4,8-9,20,22-23H,2,5-7,10-19H2,(H,31,37)(H,29,32,33). The summed E-state index contributed by atoms with van der Waals surface area (Å²) >= 11 is 0. The number of urea groups is 1. The second kappa shape index (κ2) is 11.6. The summed E-state index contributed by atoms with van der Waals surface area (Å²) in [5.74, 6) is 1.42. The predicted octanol–water partition coefficient (Wildman–Crippen LogP) is 3.63. The molecular weight excluding hydrogens is 480 g/mol. The van der Waals surface area contributed by atoms with Crippen molar-refractivity contribution in [2.24, 2.45) is 0 Å². The van der Waals surface area contributed by atoms with E-state index in [9.17, 15) is 4.79 Å². The number of carbonyl (C=O) groups excluding carboxylic acids is 1. The van der Waals surface area contributed by atoms with Crippen LogP contribution in [0.1, 0.15) is 50.5 Å². The fourth-order valence-electron chi connectivity index (χ4n) is 5.73. The normalized spacial score (nSPS) is 20.7. The van der Waals surface area contributed by atoms with Gasteiger partial charge in [0.05, 0.1) is 19.0 Å². The van der Waals surface area contributed by atoms with Crippen molar-refractivity contribution >= 4 is 29.0 Å². The molecule has 202 valence electrons. The van der Waals surface area contributed by atoms with Crippen molar-refractivity contribution in [3.05, 3.63) is 42.2 Å². The van der Waals surface area contributed by atoms with Gasteiger partial charge in [-0.25, -0.2) is 9.78 Å². The van der Waals surface area contributed by atoms with Gasteiger partial charge in [0, 0.05) is 45.4 Å². The van der Waals surface area contributed by atoms with Gasteiger partial charge in [-0.2, -0.15) is 9.97 Å². The van der Waals surface area contributed by atoms with Crippen LogP contribution in [0.15, 0.2) is 36.7 Å². The minimum absolute atomic E-state index is 0.0628. The first-order valence-corrected chi connectivity index (χ1v) is 14.2. The van der Waals surface area contributed by atoms with Gasteiger partial charge >= 0.3 is 6.03 Å². The van der Waals surface area contributed by atoms with E-state index in [2.05, 4.69) is 32.2 Å². The largest absolute Gasteiger partial charge is 0.376 e. The fourth-order valence-corrected chi connectivity index (χ4v) is 5.73. The van der Waals surface area contributed by atoms with E-state index in [1.807, 2.05) is 29.4 Å². The Morgan fingerprint density at radius 1 is 0.974 bits per heavy atom. The third kappa shape index (κ3) is 5.70. The lowest BCUT2D eigenvalue weighted by Crippen LogP contribution is -2.54. The summed E-state index contributed by atoms with van der Waals surface area (Å²) in [7, 11) is 0. The molecule has 4 heterocycles. The van der Waals surface area contributed by atoms with Crippen LogP contribution >= 0.6 is 0 Å². The van der Waals surface area contributed by atoms with Crippen LogP contribution in [-0.4, -0.2) is 81.9 Å². The van der Waals surface area contributed by atoms with E-state index in [1.165, 1.54) is 24.8 Å². The van der Waals surface area contributed by atoms with Gasteiger partial charge in [-0.1, -0.05) is 49.6 Å². The number of aromatic nitrogens is 4. The van der Waals surface area contributed by atoms with Crippen LogP contribution in [-0.2, 0) is 11.3 Å². The molecule has 2 N–H and O–H groups in total. The van der Waals surface area contributed by atoms with Gasteiger partial charge < -0.3 is 29.7 Å². The quantitative estimate of drug-likeness (QED) is 0.493. The molecule has 2 amide bonds. The lowest BCUT2D eigenvalue weighted by molar-refractivity contribution is 0.120. The molecule has 0 bridgehead atoms. The number of hydrogen-bond donors (Lipinski definition) is 2. The summed E-state index contributed by atoms with van der Waals surface area (Å²) in [5.41, 5.74) is 2.78. The molecule has 10 heteroatoms. The first-order valence-electron chi connectivity index (χ1n) is 14.2. The Morgan fingerprint density at radius 2 is 1.79 bits per heavy atom. The Kier molecular flexibility index (Phi) is 7.57. The minimum Gasteiger partial charge on any atom is -0.376 e. The van der Waals surface area contributed by atoms with Crippen molar-refractivity contribution in [2.45, 2.75) is 63.6 Å². The van der Waals surface area contributed by atoms with Gasteiger partial charge in [-0.3, -0.25) is 0 Å². The van der Waals surface area contributed by atoms with E-state index < -0.39 is 0 Å². The molecule has 10 nitrogen and oxygen atoms in total. The zero-order valence-corrected chi connectivity index (χ0v) is 22.0. The van der Waals surface area contributed by atoms with Crippen LogP contribution in [0.4, 0.5) is 16.6 Å². The van der Waals surface area contributed by atoms with Gasteiger partial charge in [0.25, 0.3) is 0 Å². The molecule has 6 rings (SSSR count). The highest BCUT2D eigenvalue weighted by molar-refractivity contribution is 5.84. The number of anilines is 2. The van der Waals surface area contributed by atoms with Crippen molar-refractivity contribution < 1.29 is 9.53 Å². The Bertz CT molecular complexity index is 1210. The number of amides is 2. The van der Waals surface area contributed by atoms with E-state index in [1.54, 1.807) is 0 Å². The minimum atomic E-state index is 0.0628. The second-order valence-electron chi connectivity index (χ2n) is 10.7. The van der Waals surface area contributed by atoms with Crippen molar-refractivity contribution in [1.82, 2.24) is 29.7 Å². The van der Waals surface area contributed by atoms with E-state index in [0.29, 0.717) is 51.3 Å². The Morgan fingerprint density at radius 3 is 2.55 bits per heavy atom. The summed E-state index contributed by atoms with van der Waals surface area (Å²) in [4.78, 5) is 31.6. The topological polar surface area (TPSA) is 100 Å². The molecule has 1 aromatic carbocycles.